The molecule has 12 heteroatoms. The standard InChI is InChI=1S/C8H15BN2.B9/c1-6-8(9-6)11-5-4-10(3)7(11)2;1-6-9(7(2)3)8(4)5/h4-9H,1-3H3;/t6?,7-,8?;/m0./s1. The van der Waals surface area contributed by atoms with Crippen molar-refractivity contribution < 1.29 is 0 Å². The van der Waals surface area contributed by atoms with Gasteiger partial charge >= 0.3 is 0 Å². The van der Waals surface area contributed by atoms with Gasteiger partial charge in [-0.25, -0.2) is 0 Å². The average molecular weight is 247 g/mol. The molecule has 2 heterocycles. The zero-order valence-electron chi connectivity index (χ0n) is 12.7. The van der Waals surface area contributed by atoms with Gasteiger partial charge in [0.05, 0.1) is 6.17 Å². The van der Waals surface area contributed by atoms with Crippen LogP contribution in [0.3, 0.4) is 0 Å². The van der Waals surface area contributed by atoms with Gasteiger partial charge < -0.3 is 9.80 Å². The Kier molecular flexibility index (Phi) is 7.08. The van der Waals surface area contributed by atoms with E-state index in [0.29, 0.717) is 6.17 Å². The summed E-state index contributed by atoms with van der Waals surface area (Å²) in [6, 6.07) is 0. The summed E-state index contributed by atoms with van der Waals surface area (Å²) in [6.07, 6.45) is 3.49. The zero-order valence-corrected chi connectivity index (χ0v) is 12.7. The largest absolute Gasteiger partial charge is 0.362 e. The van der Waals surface area contributed by atoms with E-state index < -0.39 is 12.8 Å². The summed E-state index contributed by atoms with van der Waals surface area (Å²) in [5, 5.41) is 0. The first-order valence-corrected chi connectivity index (χ1v) is 7.04. The third kappa shape index (κ3) is 4.77. The average Bonchev–Trinajstić information content (AvgIpc) is 2.97. The minimum Gasteiger partial charge on any atom is -0.362 e. The molecule has 2 rings (SSSR count). The molecule has 87 valence electrons. The number of hydrogen-bond acceptors (Lipinski definition) is 2. The predicted molar refractivity (Wildman–Crippen MR) is 100 cm³/mol. The quantitative estimate of drug-likeness (QED) is 0.496. The molecular weight excluding hydrogens is 232 g/mol. The second kappa shape index (κ2) is 7.84. The summed E-state index contributed by atoms with van der Waals surface area (Å²) in [6.45, 7) is 4.58. The molecular formula is C8H15B10N2. The molecule has 3 atom stereocenters. The minimum absolute atomic E-state index is 0.315. The molecule has 2 aliphatic rings. The first kappa shape index (κ1) is 18.0. The van der Waals surface area contributed by atoms with E-state index in [-0.39, 0.29) is 6.39 Å². The van der Waals surface area contributed by atoms with Crippen LogP contribution in [0.4, 0.5) is 0 Å². The summed E-state index contributed by atoms with van der Waals surface area (Å²) in [4.78, 5) is 4.72. The Hall–Kier alpha value is -0.0106. The lowest BCUT2D eigenvalue weighted by Gasteiger charge is -2.27. The van der Waals surface area contributed by atoms with Crippen molar-refractivity contribution in [3.63, 3.8) is 0 Å². The van der Waals surface area contributed by atoms with Crippen molar-refractivity contribution >= 4 is 72.2 Å². The molecule has 0 saturated carbocycles. The van der Waals surface area contributed by atoms with Gasteiger partial charge in [0.2, 0.25) is 0 Å². The zero-order chi connectivity index (χ0) is 15.4. The lowest BCUT2D eigenvalue weighted by molar-refractivity contribution is 0.193. The van der Waals surface area contributed by atoms with Crippen molar-refractivity contribution in [2.45, 2.75) is 31.8 Å². The number of nitrogens with zero attached hydrogens (tertiary/aromatic N) is 2. The Morgan fingerprint density at radius 1 is 1.10 bits per heavy atom. The van der Waals surface area contributed by atoms with Crippen LogP contribution in [0.2, 0.25) is 5.82 Å². The fraction of sp³-hybridized carbons (Fsp3) is 0.750. The Morgan fingerprint density at radius 3 is 1.80 bits per heavy atom. The Bertz CT molecular complexity index is 318. The lowest BCUT2D eigenvalue weighted by Crippen LogP contribution is -2.55. The van der Waals surface area contributed by atoms with E-state index >= 15 is 0 Å². The Morgan fingerprint density at radius 2 is 1.60 bits per heavy atom. The van der Waals surface area contributed by atoms with Crippen molar-refractivity contribution in [3.05, 3.63) is 12.4 Å². The SMILES string of the molecule is CC1BC1N1C=CN(C)[C@@H]1C.[B][B]B(B([B])[B])B([B])[B]. The van der Waals surface area contributed by atoms with Crippen LogP contribution in [0.5, 0.6) is 0 Å². The molecule has 0 N–H and O–H groups in total. The summed E-state index contributed by atoms with van der Waals surface area (Å²) in [5.41, 5.74) is 0. The highest BCUT2D eigenvalue weighted by molar-refractivity contribution is 7.93. The van der Waals surface area contributed by atoms with Gasteiger partial charge in [-0.15, -0.1) is 0 Å². The van der Waals surface area contributed by atoms with Crippen molar-refractivity contribution in [2.24, 2.45) is 0 Å². The van der Waals surface area contributed by atoms with Gasteiger partial charge in [0.1, 0.15) is 0 Å². The van der Waals surface area contributed by atoms with E-state index in [4.69, 9.17) is 38.7 Å². The van der Waals surface area contributed by atoms with Gasteiger partial charge in [-0.2, -0.15) is 0 Å². The maximum Gasteiger partial charge on any atom is 0.153 e. The van der Waals surface area contributed by atoms with Gasteiger partial charge in [0.25, 0.3) is 0 Å². The highest BCUT2D eigenvalue weighted by Crippen LogP contribution is 2.35. The monoisotopic (exact) mass is 249 g/mol. The van der Waals surface area contributed by atoms with Crippen molar-refractivity contribution in [1.29, 1.82) is 0 Å². The summed E-state index contributed by atoms with van der Waals surface area (Å²) >= 11 is 0. The normalized spacial score (nSPS) is 26.2. The van der Waals surface area contributed by atoms with Gasteiger partial charge in [-0.1, -0.05) is 12.7 Å². The van der Waals surface area contributed by atoms with Crippen molar-refractivity contribution in [1.82, 2.24) is 9.80 Å². The predicted octanol–water partition coefficient (Wildman–Crippen LogP) is -2.79. The first-order chi connectivity index (χ1) is 9.29. The Balaban J connectivity index is 0.000000206. The van der Waals surface area contributed by atoms with Crippen LogP contribution in [-0.2, 0) is 0 Å². The van der Waals surface area contributed by atoms with Gasteiger partial charge in [0.15, 0.2) is 7.28 Å². The molecule has 0 aromatic carbocycles. The van der Waals surface area contributed by atoms with Crippen LogP contribution in [0.1, 0.15) is 13.8 Å². The summed E-state index contributed by atoms with van der Waals surface area (Å²) < 4.78 is 0. The van der Waals surface area contributed by atoms with Crippen LogP contribution >= 0.6 is 0 Å². The fourth-order valence-electron chi connectivity index (χ4n) is 2.26. The second-order valence-corrected chi connectivity index (χ2v) is 5.75. The van der Waals surface area contributed by atoms with Crippen LogP contribution in [0, 0.1) is 0 Å². The molecule has 2 nitrogen and oxygen atoms in total. The molecule has 1 saturated heterocycles. The maximum absolute atomic E-state index is 5.25. The fourth-order valence-corrected chi connectivity index (χ4v) is 2.26. The number of hydrogen-bond donors (Lipinski definition) is 0. The van der Waals surface area contributed by atoms with Crippen molar-refractivity contribution in [2.75, 3.05) is 7.05 Å². The van der Waals surface area contributed by atoms with E-state index in [2.05, 4.69) is 43.1 Å². The van der Waals surface area contributed by atoms with Gasteiger partial charge in [-0.05, 0) is 12.9 Å². The Labute approximate surface area is 133 Å². The van der Waals surface area contributed by atoms with Crippen molar-refractivity contribution in [3.8, 4) is 0 Å². The van der Waals surface area contributed by atoms with Crippen LogP contribution in [0.15, 0.2) is 12.4 Å². The van der Waals surface area contributed by atoms with Gasteiger partial charge in [0, 0.05) is 84.3 Å². The molecule has 0 aromatic rings. The molecule has 0 aliphatic carbocycles. The summed E-state index contributed by atoms with van der Waals surface area (Å²) in [5.74, 6) is 1.74. The highest BCUT2D eigenvalue weighted by Gasteiger charge is 2.42. The summed E-state index contributed by atoms with van der Waals surface area (Å²) in [7, 11) is 31.0. The number of rotatable bonds is 4. The second-order valence-electron chi connectivity index (χ2n) is 5.75. The van der Waals surface area contributed by atoms with Crippen LogP contribution in [-0.4, -0.2) is 101 Å². The van der Waals surface area contributed by atoms with Crippen LogP contribution < -0.4 is 0 Å². The molecule has 0 spiro atoms. The van der Waals surface area contributed by atoms with E-state index in [9.17, 15) is 0 Å². The van der Waals surface area contributed by atoms with Crippen LogP contribution in [0.25, 0.3) is 0 Å². The van der Waals surface area contributed by atoms with Gasteiger partial charge in [-0.3, -0.25) is 0 Å². The van der Waals surface area contributed by atoms with E-state index in [1.165, 1.54) is 14.3 Å². The highest BCUT2D eigenvalue weighted by atomic mass is 15.4. The first-order valence-electron chi connectivity index (χ1n) is 7.04. The molecule has 2 aliphatic heterocycles. The van der Waals surface area contributed by atoms with E-state index in [0.717, 1.165) is 11.8 Å². The van der Waals surface area contributed by atoms with E-state index in [1.54, 1.807) is 0 Å². The lowest BCUT2D eigenvalue weighted by atomic mass is 8.64. The smallest absolute Gasteiger partial charge is 0.153 e. The minimum atomic E-state index is -0.574. The molecule has 11 radical (unpaired) electrons. The molecule has 20 heavy (non-hydrogen) atoms. The molecule has 0 bridgehead atoms. The molecule has 1 fully saturated rings. The molecule has 0 aromatic heterocycles. The van der Waals surface area contributed by atoms with E-state index in [1.807, 2.05) is 0 Å². The molecule has 2 unspecified atom stereocenters. The third-order valence-electron chi connectivity index (χ3n) is 4.06. The maximum atomic E-state index is 5.25. The topological polar surface area (TPSA) is 6.48 Å². The molecule has 0 amide bonds. The third-order valence-corrected chi connectivity index (χ3v) is 4.06.